The quantitative estimate of drug-likeness (QED) is 0.852. The molecule has 1 aliphatic rings. The zero-order chi connectivity index (χ0) is 19.4. The number of anilines is 2. The Morgan fingerprint density at radius 1 is 1.00 bits per heavy atom. The topological polar surface area (TPSA) is 65.0 Å². The molecule has 0 bridgehead atoms. The number of rotatable bonds is 3. The number of aromatic hydroxyl groups is 1. The van der Waals surface area contributed by atoms with Crippen molar-refractivity contribution in [1.82, 2.24) is 4.90 Å². The van der Waals surface area contributed by atoms with Crippen molar-refractivity contribution in [3.8, 4) is 11.5 Å². The molecule has 2 amide bonds. The minimum atomic E-state index is -4.84. The van der Waals surface area contributed by atoms with Crippen LogP contribution in [-0.2, 0) is 0 Å². The molecule has 0 spiro atoms. The van der Waals surface area contributed by atoms with Gasteiger partial charge in [0.2, 0.25) is 0 Å². The monoisotopic (exact) mass is 381 g/mol. The van der Waals surface area contributed by atoms with Gasteiger partial charge in [-0.2, -0.15) is 0 Å². The summed E-state index contributed by atoms with van der Waals surface area (Å²) in [6, 6.07) is 11.8. The van der Waals surface area contributed by atoms with Crippen LogP contribution in [0, 0.1) is 0 Å². The molecule has 144 valence electrons. The van der Waals surface area contributed by atoms with Crippen LogP contribution in [0.1, 0.15) is 0 Å². The van der Waals surface area contributed by atoms with Crippen molar-refractivity contribution in [2.75, 3.05) is 36.4 Å². The van der Waals surface area contributed by atoms with Crippen LogP contribution in [0.5, 0.6) is 11.5 Å². The van der Waals surface area contributed by atoms with E-state index in [4.69, 9.17) is 0 Å². The highest BCUT2D eigenvalue weighted by Crippen LogP contribution is 2.30. The molecule has 0 aliphatic carbocycles. The predicted molar refractivity (Wildman–Crippen MR) is 94.0 cm³/mol. The Kier molecular flexibility index (Phi) is 5.29. The normalized spacial score (nSPS) is 14.8. The van der Waals surface area contributed by atoms with Crippen molar-refractivity contribution in [2.45, 2.75) is 6.36 Å². The maximum atomic E-state index is 12.5. The minimum absolute atomic E-state index is 0.0528. The molecule has 0 atom stereocenters. The number of carbonyl (C=O) groups is 1. The molecule has 0 aromatic heterocycles. The summed E-state index contributed by atoms with van der Waals surface area (Å²) in [5.74, 6) is -0.306. The zero-order valence-electron chi connectivity index (χ0n) is 14.2. The fourth-order valence-electron chi connectivity index (χ4n) is 2.86. The Morgan fingerprint density at radius 3 is 2.30 bits per heavy atom. The summed E-state index contributed by atoms with van der Waals surface area (Å²) >= 11 is 0. The van der Waals surface area contributed by atoms with Crippen LogP contribution in [0.2, 0.25) is 0 Å². The summed E-state index contributed by atoms with van der Waals surface area (Å²) in [4.78, 5) is 15.9. The molecule has 1 fully saturated rings. The third-order valence-corrected chi connectivity index (χ3v) is 4.14. The lowest BCUT2D eigenvalue weighted by atomic mass is 10.2. The number of halogens is 3. The Bertz CT molecular complexity index is 806. The molecule has 0 saturated carbocycles. The van der Waals surface area contributed by atoms with Gasteiger partial charge >= 0.3 is 12.4 Å². The average Bonchev–Trinajstić information content (AvgIpc) is 2.63. The van der Waals surface area contributed by atoms with Gasteiger partial charge in [0, 0.05) is 26.2 Å². The second-order valence-electron chi connectivity index (χ2n) is 5.94. The number of nitrogens with zero attached hydrogens (tertiary/aromatic N) is 2. The molecule has 0 radical (unpaired) electrons. The smallest absolute Gasteiger partial charge is 0.506 e. The highest BCUT2D eigenvalue weighted by atomic mass is 19.4. The fourth-order valence-corrected chi connectivity index (χ4v) is 2.86. The summed E-state index contributed by atoms with van der Waals surface area (Å²) in [5.41, 5.74) is 0.629. The number of benzene rings is 2. The maximum absolute atomic E-state index is 12.5. The van der Waals surface area contributed by atoms with Gasteiger partial charge in [-0.25, -0.2) is 4.79 Å². The Balaban J connectivity index is 1.62. The molecule has 3 rings (SSSR count). The van der Waals surface area contributed by atoms with Gasteiger partial charge in [-0.15, -0.1) is 13.2 Å². The number of hydrogen-bond acceptors (Lipinski definition) is 4. The van der Waals surface area contributed by atoms with Crippen LogP contribution in [0.15, 0.2) is 48.5 Å². The molecular weight excluding hydrogens is 363 g/mol. The summed E-state index contributed by atoms with van der Waals surface area (Å²) in [7, 11) is 0. The highest BCUT2D eigenvalue weighted by molar-refractivity contribution is 5.91. The van der Waals surface area contributed by atoms with E-state index in [0.29, 0.717) is 31.9 Å². The SMILES string of the molecule is O=C(Nc1ccccc1OC(F)(F)F)N1CCN(c2ccccc2O)CC1. The predicted octanol–water partition coefficient (Wildman–Crippen LogP) is 3.64. The molecule has 9 heteroatoms. The van der Waals surface area contributed by atoms with Crippen molar-refractivity contribution in [2.24, 2.45) is 0 Å². The highest BCUT2D eigenvalue weighted by Gasteiger charge is 2.32. The summed E-state index contributed by atoms with van der Waals surface area (Å²) < 4.78 is 41.4. The maximum Gasteiger partial charge on any atom is 0.573 e. The molecule has 1 aliphatic heterocycles. The van der Waals surface area contributed by atoms with Crippen LogP contribution in [0.4, 0.5) is 29.3 Å². The van der Waals surface area contributed by atoms with Crippen LogP contribution in [0.25, 0.3) is 0 Å². The van der Waals surface area contributed by atoms with E-state index in [1.165, 1.54) is 23.1 Å². The number of hydrogen-bond donors (Lipinski definition) is 2. The zero-order valence-corrected chi connectivity index (χ0v) is 14.2. The lowest BCUT2D eigenvalue weighted by Gasteiger charge is -2.36. The number of ether oxygens (including phenoxy) is 1. The molecule has 1 heterocycles. The van der Waals surface area contributed by atoms with Gasteiger partial charge in [0.15, 0.2) is 5.75 Å². The van der Waals surface area contributed by atoms with E-state index >= 15 is 0 Å². The Morgan fingerprint density at radius 2 is 1.63 bits per heavy atom. The molecular formula is C18H18F3N3O3. The average molecular weight is 381 g/mol. The number of alkyl halides is 3. The first-order valence-electron chi connectivity index (χ1n) is 8.27. The number of phenolic OH excluding ortho intramolecular Hbond substituents is 1. The molecule has 1 saturated heterocycles. The molecule has 27 heavy (non-hydrogen) atoms. The largest absolute Gasteiger partial charge is 0.573 e. The van der Waals surface area contributed by atoms with E-state index in [-0.39, 0.29) is 11.4 Å². The molecule has 6 nitrogen and oxygen atoms in total. The first-order valence-corrected chi connectivity index (χ1v) is 8.27. The van der Waals surface area contributed by atoms with Crippen LogP contribution in [-0.4, -0.2) is 48.6 Å². The number of carbonyl (C=O) groups excluding carboxylic acids is 1. The fraction of sp³-hybridized carbons (Fsp3) is 0.278. The van der Waals surface area contributed by atoms with E-state index in [1.807, 2.05) is 11.0 Å². The number of nitrogens with one attached hydrogen (secondary N) is 1. The van der Waals surface area contributed by atoms with Gasteiger partial charge in [0.25, 0.3) is 0 Å². The number of amides is 2. The van der Waals surface area contributed by atoms with Crippen molar-refractivity contribution in [3.63, 3.8) is 0 Å². The van der Waals surface area contributed by atoms with Crippen molar-refractivity contribution < 1.29 is 27.8 Å². The van der Waals surface area contributed by atoms with E-state index in [2.05, 4.69) is 10.1 Å². The summed E-state index contributed by atoms with van der Waals surface area (Å²) in [6.45, 7) is 1.71. The molecule has 2 aromatic carbocycles. The number of phenols is 1. The van der Waals surface area contributed by atoms with E-state index < -0.39 is 18.1 Å². The van der Waals surface area contributed by atoms with Gasteiger partial charge in [0.05, 0.1) is 11.4 Å². The first kappa shape index (κ1) is 18.7. The second-order valence-corrected chi connectivity index (χ2v) is 5.94. The van der Waals surface area contributed by atoms with Gasteiger partial charge in [-0.3, -0.25) is 0 Å². The third-order valence-electron chi connectivity index (χ3n) is 4.14. The van der Waals surface area contributed by atoms with E-state index in [0.717, 1.165) is 6.07 Å². The van der Waals surface area contributed by atoms with Crippen molar-refractivity contribution in [3.05, 3.63) is 48.5 Å². The third kappa shape index (κ3) is 4.75. The Labute approximate surface area is 153 Å². The van der Waals surface area contributed by atoms with Crippen molar-refractivity contribution in [1.29, 1.82) is 0 Å². The number of piperazine rings is 1. The second kappa shape index (κ2) is 7.65. The standard InChI is InChI=1S/C18H18F3N3O3/c19-18(20,21)27-16-8-4-1-5-13(16)22-17(26)24-11-9-23(10-12-24)14-6-2-3-7-15(14)25/h1-8,25H,9-12H2,(H,22,26). The van der Waals surface area contributed by atoms with Gasteiger partial charge in [0.1, 0.15) is 5.75 Å². The van der Waals surface area contributed by atoms with E-state index in [1.54, 1.807) is 18.2 Å². The van der Waals surface area contributed by atoms with Crippen LogP contribution in [0.3, 0.4) is 0 Å². The number of para-hydroxylation sites is 4. The molecule has 2 N–H and O–H groups in total. The molecule has 0 unspecified atom stereocenters. The van der Waals surface area contributed by atoms with Gasteiger partial charge in [-0.05, 0) is 24.3 Å². The first-order chi connectivity index (χ1) is 12.8. The van der Waals surface area contributed by atoms with Gasteiger partial charge in [-0.1, -0.05) is 24.3 Å². The van der Waals surface area contributed by atoms with Crippen molar-refractivity contribution >= 4 is 17.4 Å². The van der Waals surface area contributed by atoms with Crippen LogP contribution >= 0.6 is 0 Å². The minimum Gasteiger partial charge on any atom is -0.506 e. The van der Waals surface area contributed by atoms with Gasteiger partial charge < -0.3 is 25.0 Å². The Hall–Kier alpha value is -3.10. The lowest BCUT2D eigenvalue weighted by molar-refractivity contribution is -0.274. The number of urea groups is 1. The van der Waals surface area contributed by atoms with Crippen LogP contribution < -0.4 is 15.0 Å². The van der Waals surface area contributed by atoms with E-state index in [9.17, 15) is 23.1 Å². The lowest BCUT2D eigenvalue weighted by Crippen LogP contribution is -2.50. The summed E-state index contributed by atoms with van der Waals surface area (Å²) in [5, 5.41) is 12.4. The summed E-state index contributed by atoms with van der Waals surface area (Å²) in [6.07, 6.45) is -4.84. The molecule has 2 aromatic rings.